The van der Waals surface area contributed by atoms with Gasteiger partial charge in [0.15, 0.2) is 5.82 Å². The third-order valence-electron chi connectivity index (χ3n) is 2.97. The molecular weight excluding hydrogens is 244 g/mol. The standard InChI is InChI=1S/C12H12N6O/c13-4-9-3-7-5-15-12(14)18-10(7)11(17-9)16-8-1-2-19-6-8/h3,5,8H,1-2,6H2,(H,16,17)(H2,14,15,18). The highest BCUT2D eigenvalue weighted by atomic mass is 16.5. The molecule has 7 heteroatoms. The van der Waals surface area contributed by atoms with Gasteiger partial charge >= 0.3 is 0 Å². The summed E-state index contributed by atoms with van der Waals surface area (Å²) in [6, 6.07) is 3.86. The minimum absolute atomic E-state index is 0.181. The van der Waals surface area contributed by atoms with Gasteiger partial charge in [-0.2, -0.15) is 5.26 Å². The van der Waals surface area contributed by atoms with Gasteiger partial charge in [-0.3, -0.25) is 0 Å². The van der Waals surface area contributed by atoms with Gasteiger partial charge in [0.25, 0.3) is 0 Å². The molecule has 1 saturated heterocycles. The summed E-state index contributed by atoms with van der Waals surface area (Å²) in [5, 5.41) is 13.0. The molecule has 0 aromatic carbocycles. The normalized spacial score (nSPS) is 18.4. The van der Waals surface area contributed by atoms with Crippen molar-refractivity contribution in [1.29, 1.82) is 5.26 Å². The first kappa shape index (κ1) is 11.6. The van der Waals surface area contributed by atoms with Crippen LogP contribution in [-0.2, 0) is 4.74 Å². The summed E-state index contributed by atoms with van der Waals surface area (Å²) < 4.78 is 5.31. The highest BCUT2D eigenvalue weighted by Gasteiger charge is 2.18. The summed E-state index contributed by atoms with van der Waals surface area (Å²) in [6.07, 6.45) is 2.50. The summed E-state index contributed by atoms with van der Waals surface area (Å²) in [5.74, 6) is 0.739. The maximum absolute atomic E-state index is 9.01. The van der Waals surface area contributed by atoms with E-state index in [-0.39, 0.29) is 12.0 Å². The molecule has 0 amide bonds. The fourth-order valence-electron chi connectivity index (χ4n) is 2.05. The second-order valence-corrected chi connectivity index (χ2v) is 4.34. The van der Waals surface area contributed by atoms with Crippen LogP contribution in [-0.4, -0.2) is 34.2 Å². The molecule has 0 spiro atoms. The topological polar surface area (TPSA) is 110 Å². The molecule has 1 aliphatic heterocycles. The molecule has 1 fully saturated rings. The van der Waals surface area contributed by atoms with Crippen LogP contribution in [0.15, 0.2) is 12.3 Å². The van der Waals surface area contributed by atoms with E-state index in [1.165, 1.54) is 0 Å². The number of pyridine rings is 1. The fourth-order valence-corrected chi connectivity index (χ4v) is 2.05. The van der Waals surface area contributed by atoms with E-state index in [1.54, 1.807) is 12.3 Å². The number of fused-ring (bicyclic) bond motifs is 1. The molecule has 3 rings (SSSR count). The van der Waals surface area contributed by atoms with Crippen LogP contribution in [0.5, 0.6) is 0 Å². The Morgan fingerprint density at radius 1 is 1.47 bits per heavy atom. The second kappa shape index (κ2) is 4.66. The van der Waals surface area contributed by atoms with Crippen molar-refractivity contribution in [3.05, 3.63) is 18.0 Å². The van der Waals surface area contributed by atoms with E-state index in [2.05, 4.69) is 20.3 Å². The monoisotopic (exact) mass is 256 g/mol. The lowest BCUT2D eigenvalue weighted by Crippen LogP contribution is -2.20. The van der Waals surface area contributed by atoms with Gasteiger partial charge < -0.3 is 15.8 Å². The van der Waals surface area contributed by atoms with Gasteiger partial charge in [-0.1, -0.05) is 0 Å². The van der Waals surface area contributed by atoms with Gasteiger partial charge in [-0.15, -0.1) is 0 Å². The Bertz CT molecular complexity index is 659. The molecule has 2 aromatic rings. The van der Waals surface area contributed by atoms with Crippen LogP contribution in [0.4, 0.5) is 11.8 Å². The predicted octanol–water partition coefficient (Wildman–Crippen LogP) is 0.679. The number of nitrogens with zero attached hydrogens (tertiary/aromatic N) is 4. The van der Waals surface area contributed by atoms with Crippen molar-refractivity contribution in [2.75, 3.05) is 24.3 Å². The molecule has 0 radical (unpaired) electrons. The number of rotatable bonds is 2. The molecule has 0 bridgehead atoms. The molecule has 96 valence electrons. The number of hydrogen-bond donors (Lipinski definition) is 2. The van der Waals surface area contributed by atoms with Crippen molar-refractivity contribution in [2.45, 2.75) is 12.5 Å². The predicted molar refractivity (Wildman–Crippen MR) is 69.3 cm³/mol. The molecule has 7 nitrogen and oxygen atoms in total. The van der Waals surface area contributed by atoms with Crippen molar-refractivity contribution in [3.8, 4) is 6.07 Å². The van der Waals surface area contributed by atoms with Crippen LogP contribution < -0.4 is 11.1 Å². The van der Waals surface area contributed by atoms with Crippen molar-refractivity contribution in [3.63, 3.8) is 0 Å². The highest BCUT2D eigenvalue weighted by molar-refractivity contribution is 5.89. The minimum atomic E-state index is 0.181. The Kier molecular flexibility index (Phi) is 2.85. The van der Waals surface area contributed by atoms with Crippen LogP contribution in [0.1, 0.15) is 12.1 Å². The molecule has 0 saturated carbocycles. The number of nitrogen functional groups attached to an aromatic ring is 1. The molecule has 2 aromatic heterocycles. The molecule has 1 unspecified atom stereocenters. The lowest BCUT2D eigenvalue weighted by atomic mass is 10.2. The highest BCUT2D eigenvalue weighted by Crippen LogP contribution is 2.22. The fraction of sp³-hybridized carbons (Fsp3) is 0.333. The lowest BCUT2D eigenvalue weighted by Gasteiger charge is -2.13. The largest absolute Gasteiger partial charge is 0.379 e. The summed E-state index contributed by atoms with van der Waals surface area (Å²) in [6.45, 7) is 1.35. The van der Waals surface area contributed by atoms with Crippen molar-refractivity contribution in [2.24, 2.45) is 0 Å². The quantitative estimate of drug-likeness (QED) is 0.812. The van der Waals surface area contributed by atoms with Crippen LogP contribution in [0.25, 0.3) is 10.9 Å². The Morgan fingerprint density at radius 2 is 2.37 bits per heavy atom. The Hall–Kier alpha value is -2.46. The first-order chi connectivity index (χ1) is 9.26. The van der Waals surface area contributed by atoms with Crippen LogP contribution in [0.2, 0.25) is 0 Å². The smallest absolute Gasteiger partial charge is 0.220 e. The summed E-state index contributed by atoms with van der Waals surface area (Å²) in [7, 11) is 0. The Balaban J connectivity index is 2.08. The maximum Gasteiger partial charge on any atom is 0.220 e. The average Bonchev–Trinajstić information content (AvgIpc) is 2.92. The number of anilines is 2. The summed E-state index contributed by atoms with van der Waals surface area (Å²) >= 11 is 0. The molecule has 19 heavy (non-hydrogen) atoms. The molecule has 0 aliphatic carbocycles. The van der Waals surface area contributed by atoms with E-state index >= 15 is 0 Å². The number of nitrogens with two attached hydrogens (primary N) is 1. The Morgan fingerprint density at radius 3 is 3.11 bits per heavy atom. The third kappa shape index (κ3) is 2.26. The van der Waals surface area contributed by atoms with Gasteiger partial charge in [-0.25, -0.2) is 15.0 Å². The molecular formula is C12H12N6O. The zero-order chi connectivity index (χ0) is 13.2. The average molecular weight is 256 g/mol. The third-order valence-corrected chi connectivity index (χ3v) is 2.97. The zero-order valence-electron chi connectivity index (χ0n) is 10.1. The van der Waals surface area contributed by atoms with Crippen molar-refractivity contribution < 1.29 is 4.74 Å². The van der Waals surface area contributed by atoms with E-state index in [4.69, 9.17) is 15.7 Å². The van der Waals surface area contributed by atoms with E-state index in [0.29, 0.717) is 23.6 Å². The molecule has 1 aliphatic rings. The molecule has 1 atom stereocenters. The second-order valence-electron chi connectivity index (χ2n) is 4.34. The first-order valence-corrected chi connectivity index (χ1v) is 5.94. The van der Waals surface area contributed by atoms with E-state index in [1.807, 2.05) is 6.07 Å². The maximum atomic E-state index is 9.01. The number of ether oxygens (including phenoxy) is 1. The van der Waals surface area contributed by atoms with Gasteiger partial charge in [0.05, 0.1) is 12.6 Å². The van der Waals surface area contributed by atoms with E-state index in [0.717, 1.165) is 18.4 Å². The number of hydrogen-bond acceptors (Lipinski definition) is 7. The van der Waals surface area contributed by atoms with Crippen molar-refractivity contribution >= 4 is 22.7 Å². The van der Waals surface area contributed by atoms with Gasteiger partial charge in [0, 0.05) is 18.2 Å². The van der Waals surface area contributed by atoms with Crippen LogP contribution >= 0.6 is 0 Å². The van der Waals surface area contributed by atoms with Gasteiger partial charge in [0.1, 0.15) is 17.3 Å². The molecule has 3 N–H and O–H groups in total. The summed E-state index contributed by atoms with van der Waals surface area (Å²) in [5.41, 5.74) is 6.55. The van der Waals surface area contributed by atoms with E-state index in [9.17, 15) is 0 Å². The number of nitrogens with one attached hydrogen (secondary N) is 1. The molecule has 3 heterocycles. The van der Waals surface area contributed by atoms with Gasteiger partial charge in [0.2, 0.25) is 5.95 Å². The zero-order valence-corrected chi connectivity index (χ0v) is 10.1. The SMILES string of the molecule is N#Cc1cc2cnc(N)nc2c(NC2CCOC2)n1. The minimum Gasteiger partial charge on any atom is -0.379 e. The van der Waals surface area contributed by atoms with E-state index < -0.39 is 0 Å². The first-order valence-electron chi connectivity index (χ1n) is 5.94. The summed E-state index contributed by atoms with van der Waals surface area (Å²) in [4.78, 5) is 12.4. The Labute approximate surface area is 109 Å². The van der Waals surface area contributed by atoms with Crippen molar-refractivity contribution in [1.82, 2.24) is 15.0 Å². The van der Waals surface area contributed by atoms with Gasteiger partial charge in [-0.05, 0) is 12.5 Å². The number of aromatic nitrogens is 3. The number of nitriles is 1. The lowest BCUT2D eigenvalue weighted by molar-refractivity contribution is 0.195. The van der Waals surface area contributed by atoms with Crippen LogP contribution in [0, 0.1) is 11.3 Å². The van der Waals surface area contributed by atoms with Crippen LogP contribution in [0.3, 0.4) is 0 Å².